The molecule has 0 unspecified atom stereocenters. The van der Waals surface area contributed by atoms with Crippen LogP contribution in [0.1, 0.15) is 18.5 Å². The topological polar surface area (TPSA) is 62.3 Å². The molecule has 2 aliphatic rings. The minimum Gasteiger partial charge on any atom is -0.356 e. The van der Waals surface area contributed by atoms with Crippen LogP contribution in [0, 0.1) is 5.41 Å². The van der Waals surface area contributed by atoms with E-state index in [4.69, 9.17) is 0 Å². The molecule has 0 radical (unpaired) electrons. The van der Waals surface area contributed by atoms with Crippen molar-refractivity contribution in [3.63, 3.8) is 0 Å². The zero-order chi connectivity index (χ0) is 15.8. The average Bonchev–Trinajstić information content (AvgIpc) is 2.78. The fourth-order valence-electron chi connectivity index (χ4n) is 3.29. The second-order valence-electron chi connectivity index (χ2n) is 6.07. The molecule has 2 amide bonds. The second kappa shape index (κ2) is 5.30. The Morgan fingerprint density at radius 2 is 2.18 bits per heavy atom. The maximum atomic E-state index is 14.0. The predicted molar refractivity (Wildman–Crippen MR) is 74.1 cm³/mol. The van der Waals surface area contributed by atoms with E-state index < -0.39 is 30.2 Å². The first-order valence-electron chi connectivity index (χ1n) is 7.24. The Hall–Kier alpha value is -2.05. The maximum Gasteiger partial charge on any atom is 0.266 e. The molecular weight excluding hydrogens is 292 g/mol. The SMILES string of the molecule is O=C(Cc1ccccn1)N1CC(F)(F)C[C@@]2(CCNC2=O)C1. The highest BCUT2D eigenvalue weighted by atomic mass is 19.3. The van der Waals surface area contributed by atoms with Gasteiger partial charge in [0.25, 0.3) is 5.92 Å². The number of hydrogen-bond acceptors (Lipinski definition) is 3. The molecule has 2 aliphatic heterocycles. The van der Waals surface area contributed by atoms with Crippen LogP contribution in [0.2, 0.25) is 0 Å². The van der Waals surface area contributed by atoms with E-state index in [1.807, 2.05) is 0 Å². The molecule has 22 heavy (non-hydrogen) atoms. The molecule has 1 spiro atoms. The number of carbonyl (C=O) groups is 2. The molecule has 0 aromatic carbocycles. The van der Waals surface area contributed by atoms with E-state index in [2.05, 4.69) is 10.3 Å². The fourth-order valence-corrected chi connectivity index (χ4v) is 3.29. The first-order valence-corrected chi connectivity index (χ1v) is 7.24. The van der Waals surface area contributed by atoms with Crippen LogP contribution in [-0.2, 0) is 16.0 Å². The summed E-state index contributed by atoms with van der Waals surface area (Å²) in [6, 6.07) is 5.14. The van der Waals surface area contributed by atoms with Crippen LogP contribution in [0.4, 0.5) is 8.78 Å². The summed E-state index contributed by atoms with van der Waals surface area (Å²) >= 11 is 0. The van der Waals surface area contributed by atoms with Gasteiger partial charge in [-0.25, -0.2) is 8.78 Å². The molecule has 1 atom stereocenters. The lowest BCUT2D eigenvalue weighted by Gasteiger charge is -2.42. The summed E-state index contributed by atoms with van der Waals surface area (Å²) in [6.45, 7) is -0.190. The summed E-state index contributed by atoms with van der Waals surface area (Å²) in [6.07, 6.45) is 1.38. The Morgan fingerprint density at radius 1 is 1.36 bits per heavy atom. The number of rotatable bonds is 2. The van der Waals surface area contributed by atoms with Crippen LogP contribution in [0.3, 0.4) is 0 Å². The first kappa shape index (κ1) is 14.9. The molecule has 0 bridgehead atoms. The van der Waals surface area contributed by atoms with Crippen molar-refractivity contribution in [2.24, 2.45) is 5.41 Å². The number of halogens is 2. The average molecular weight is 309 g/mol. The summed E-state index contributed by atoms with van der Waals surface area (Å²) in [4.78, 5) is 29.4. The molecule has 7 heteroatoms. The molecule has 3 rings (SSSR count). The Morgan fingerprint density at radius 3 is 2.82 bits per heavy atom. The van der Waals surface area contributed by atoms with Gasteiger partial charge in [0.05, 0.1) is 18.4 Å². The van der Waals surface area contributed by atoms with E-state index in [1.54, 1.807) is 24.4 Å². The molecule has 0 saturated carbocycles. The van der Waals surface area contributed by atoms with Crippen molar-refractivity contribution in [2.45, 2.75) is 25.2 Å². The summed E-state index contributed by atoms with van der Waals surface area (Å²) < 4.78 is 28.1. The Bertz CT molecular complexity index is 594. The standard InChI is InChI=1S/C15H17F2N3O2/c16-15(17)8-14(4-6-19-13(14)22)9-20(10-15)12(21)7-11-3-1-2-5-18-11/h1-3,5H,4,6-10H2,(H,19,22)/t14-/m0/s1. The molecule has 2 fully saturated rings. The molecule has 2 saturated heterocycles. The first-order chi connectivity index (χ1) is 10.4. The molecular formula is C15H17F2N3O2. The number of pyridine rings is 1. The minimum absolute atomic E-state index is 0.0331. The molecule has 0 aliphatic carbocycles. The van der Waals surface area contributed by atoms with Gasteiger partial charge in [-0.2, -0.15) is 0 Å². The molecule has 5 nitrogen and oxygen atoms in total. The summed E-state index contributed by atoms with van der Waals surface area (Å²) in [5.41, 5.74) is -0.618. The van der Waals surface area contributed by atoms with Gasteiger partial charge in [-0.3, -0.25) is 14.6 Å². The lowest BCUT2D eigenvalue weighted by molar-refractivity contribution is -0.159. The molecule has 1 aromatic rings. The number of nitrogens with one attached hydrogen (secondary N) is 1. The van der Waals surface area contributed by atoms with Crippen molar-refractivity contribution in [3.8, 4) is 0 Å². The summed E-state index contributed by atoms with van der Waals surface area (Å²) in [5, 5.41) is 2.60. The van der Waals surface area contributed by atoms with Gasteiger partial charge in [-0.1, -0.05) is 6.07 Å². The van der Waals surface area contributed by atoms with Gasteiger partial charge in [0.1, 0.15) is 0 Å². The summed E-state index contributed by atoms with van der Waals surface area (Å²) in [5.74, 6) is -3.83. The molecule has 118 valence electrons. The van der Waals surface area contributed by atoms with Gasteiger partial charge < -0.3 is 10.2 Å². The highest BCUT2D eigenvalue weighted by Gasteiger charge is 2.55. The number of nitrogens with zero attached hydrogens (tertiary/aromatic N) is 2. The fraction of sp³-hybridized carbons (Fsp3) is 0.533. The van der Waals surface area contributed by atoms with Crippen molar-refractivity contribution in [2.75, 3.05) is 19.6 Å². The number of carbonyl (C=O) groups excluding carboxylic acids is 2. The van der Waals surface area contributed by atoms with Crippen LogP contribution in [0.15, 0.2) is 24.4 Å². The van der Waals surface area contributed by atoms with E-state index in [9.17, 15) is 18.4 Å². The normalized spacial score (nSPS) is 27.0. The van der Waals surface area contributed by atoms with Gasteiger partial charge in [0, 0.05) is 31.4 Å². The highest BCUT2D eigenvalue weighted by Crippen LogP contribution is 2.43. The zero-order valence-corrected chi connectivity index (χ0v) is 12.0. The van der Waals surface area contributed by atoms with E-state index in [0.717, 1.165) is 4.90 Å². The van der Waals surface area contributed by atoms with Gasteiger partial charge in [0.2, 0.25) is 11.8 Å². The third kappa shape index (κ3) is 2.80. The third-order valence-corrected chi connectivity index (χ3v) is 4.29. The van der Waals surface area contributed by atoms with E-state index >= 15 is 0 Å². The van der Waals surface area contributed by atoms with E-state index in [-0.39, 0.29) is 18.9 Å². The minimum atomic E-state index is -3.04. The number of alkyl halides is 2. The smallest absolute Gasteiger partial charge is 0.266 e. The van der Waals surface area contributed by atoms with Gasteiger partial charge in [0.15, 0.2) is 0 Å². The van der Waals surface area contributed by atoms with Crippen molar-refractivity contribution in [3.05, 3.63) is 30.1 Å². The number of likely N-dealkylation sites (tertiary alicyclic amines) is 1. The van der Waals surface area contributed by atoms with Crippen LogP contribution in [0.5, 0.6) is 0 Å². The number of hydrogen-bond donors (Lipinski definition) is 1. The van der Waals surface area contributed by atoms with Crippen molar-refractivity contribution >= 4 is 11.8 Å². The number of amides is 2. The summed E-state index contributed by atoms with van der Waals surface area (Å²) in [7, 11) is 0. The van der Waals surface area contributed by atoms with Crippen LogP contribution in [-0.4, -0.2) is 47.3 Å². The van der Waals surface area contributed by atoms with Gasteiger partial charge >= 0.3 is 0 Å². The molecule has 3 heterocycles. The number of aromatic nitrogens is 1. The zero-order valence-electron chi connectivity index (χ0n) is 12.0. The Labute approximate surface area is 126 Å². The number of piperidine rings is 1. The monoisotopic (exact) mass is 309 g/mol. The lowest BCUT2D eigenvalue weighted by atomic mass is 9.77. The second-order valence-corrected chi connectivity index (χ2v) is 6.07. The van der Waals surface area contributed by atoms with Crippen molar-refractivity contribution in [1.82, 2.24) is 15.2 Å². The van der Waals surface area contributed by atoms with Crippen LogP contribution in [0.25, 0.3) is 0 Å². The highest BCUT2D eigenvalue weighted by molar-refractivity contribution is 5.87. The van der Waals surface area contributed by atoms with Gasteiger partial charge in [-0.05, 0) is 18.6 Å². The maximum absolute atomic E-state index is 14.0. The predicted octanol–water partition coefficient (Wildman–Crippen LogP) is 0.998. The largest absolute Gasteiger partial charge is 0.356 e. The van der Waals surface area contributed by atoms with E-state index in [1.165, 1.54) is 0 Å². The Balaban J connectivity index is 1.78. The molecule has 1 aromatic heterocycles. The van der Waals surface area contributed by atoms with Crippen molar-refractivity contribution < 1.29 is 18.4 Å². The molecule has 1 N–H and O–H groups in total. The Kier molecular flexibility index (Phi) is 3.58. The van der Waals surface area contributed by atoms with Crippen molar-refractivity contribution in [1.29, 1.82) is 0 Å². The van der Waals surface area contributed by atoms with Crippen LogP contribution >= 0.6 is 0 Å². The lowest BCUT2D eigenvalue weighted by Crippen LogP contribution is -2.57. The van der Waals surface area contributed by atoms with Crippen LogP contribution < -0.4 is 5.32 Å². The third-order valence-electron chi connectivity index (χ3n) is 4.29. The van der Waals surface area contributed by atoms with Gasteiger partial charge in [-0.15, -0.1) is 0 Å². The quantitative estimate of drug-likeness (QED) is 0.886. The van der Waals surface area contributed by atoms with E-state index in [0.29, 0.717) is 18.7 Å².